The zero-order valence-electron chi connectivity index (χ0n) is 9.23. The molecule has 1 aliphatic heterocycles. The molecule has 1 aromatic rings. The summed E-state index contributed by atoms with van der Waals surface area (Å²) < 4.78 is 22.5. The highest BCUT2D eigenvalue weighted by Crippen LogP contribution is 2.29. The van der Waals surface area contributed by atoms with Crippen LogP contribution in [0.5, 0.6) is 0 Å². The molecule has 7 heteroatoms. The van der Waals surface area contributed by atoms with Crippen LogP contribution in [0.25, 0.3) is 0 Å². The molecule has 1 atom stereocenters. The summed E-state index contributed by atoms with van der Waals surface area (Å²) in [6.07, 6.45) is 2.17. The van der Waals surface area contributed by atoms with Crippen molar-refractivity contribution < 1.29 is 8.42 Å². The smallest absolute Gasteiger partial charge is 0.278 e. The van der Waals surface area contributed by atoms with E-state index in [1.54, 1.807) is 6.07 Å². The number of hydrogen-bond donors (Lipinski definition) is 0. The lowest BCUT2D eigenvalue weighted by atomic mass is 10.2. The summed E-state index contributed by atoms with van der Waals surface area (Å²) in [5.74, 6) is 0. The van der Waals surface area contributed by atoms with Crippen LogP contribution in [-0.4, -0.2) is 26.0 Å². The van der Waals surface area contributed by atoms with Crippen molar-refractivity contribution in [2.75, 3.05) is 11.4 Å². The lowest BCUT2D eigenvalue weighted by molar-refractivity contribution is 0.606. The predicted molar refractivity (Wildman–Crippen MR) is 68.3 cm³/mol. The van der Waals surface area contributed by atoms with E-state index < -0.39 is 9.05 Å². The molecular weight excluding hydrogens is 283 g/mol. The highest BCUT2D eigenvalue weighted by Gasteiger charge is 2.23. The topological polar surface area (TPSA) is 50.3 Å². The second-order valence-electron chi connectivity index (χ2n) is 4.11. The molecule has 1 fully saturated rings. The first-order chi connectivity index (χ1) is 7.88. The molecule has 0 unspecified atom stereocenters. The van der Waals surface area contributed by atoms with Crippen molar-refractivity contribution in [1.29, 1.82) is 0 Å². The Morgan fingerprint density at radius 1 is 1.47 bits per heavy atom. The molecule has 1 aliphatic rings. The van der Waals surface area contributed by atoms with Crippen LogP contribution >= 0.6 is 22.3 Å². The Bertz CT molecular complexity index is 533. The summed E-state index contributed by atoms with van der Waals surface area (Å²) in [5.41, 5.74) is 0.759. The molecule has 0 aliphatic carbocycles. The van der Waals surface area contributed by atoms with Gasteiger partial charge in [-0.05, 0) is 25.8 Å². The minimum absolute atomic E-state index is 0.140. The standard InChI is InChI=1S/C10H12Cl2N2O2S/c1-7-3-2-4-14(7)8-5-9(11)13-10(6-8)17(12,15)16/h5-7H,2-4H2,1H3/t7-/m1/s1. The van der Waals surface area contributed by atoms with E-state index in [0.29, 0.717) is 6.04 Å². The molecule has 4 nitrogen and oxygen atoms in total. The molecule has 0 aromatic carbocycles. The van der Waals surface area contributed by atoms with E-state index in [1.807, 2.05) is 0 Å². The largest absolute Gasteiger partial charge is 0.369 e. The Kier molecular flexibility index (Phi) is 3.52. The lowest BCUT2D eigenvalue weighted by Crippen LogP contribution is -2.26. The van der Waals surface area contributed by atoms with Crippen LogP contribution in [0.4, 0.5) is 5.69 Å². The second kappa shape index (κ2) is 4.63. The van der Waals surface area contributed by atoms with Crippen LogP contribution in [0.3, 0.4) is 0 Å². The van der Waals surface area contributed by atoms with Gasteiger partial charge < -0.3 is 4.90 Å². The van der Waals surface area contributed by atoms with Crippen LogP contribution in [-0.2, 0) is 9.05 Å². The van der Waals surface area contributed by atoms with E-state index in [2.05, 4.69) is 16.8 Å². The van der Waals surface area contributed by atoms with Crippen LogP contribution < -0.4 is 4.90 Å². The SMILES string of the molecule is C[C@@H]1CCCN1c1cc(Cl)nc(S(=O)(=O)Cl)c1. The minimum Gasteiger partial charge on any atom is -0.369 e. The number of hydrogen-bond acceptors (Lipinski definition) is 4. The number of pyridine rings is 1. The normalized spacial score (nSPS) is 20.9. The van der Waals surface area contributed by atoms with Crippen molar-refractivity contribution in [3.05, 3.63) is 17.3 Å². The van der Waals surface area contributed by atoms with Gasteiger partial charge in [0, 0.05) is 35.0 Å². The van der Waals surface area contributed by atoms with Gasteiger partial charge in [0.1, 0.15) is 5.15 Å². The zero-order valence-corrected chi connectivity index (χ0v) is 11.6. The van der Waals surface area contributed by atoms with Gasteiger partial charge in [-0.1, -0.05) is 11.6 Å². The number of nitrogens with zero attached hydrogens (tertiary/aromatic N) is 2. The maximum Gasteiger partial charge on any atom is 0.278 e. The quantitative estimate of drug-likeness (QED) is 0.621. The number of aromatic nitrogens is 1. The highest BCUT2D eigenvalue weighted by atomic mass is 35.7. The molecule has 17 heavy (non-hydrogen) atoms. The molecular formula is C10H12Cl2N2O2S. The Hall–Kier alpha value is -0.520. The van der Waals surface area contributed by atoms with E-state index in [9.17, 15) is 8.42 Å². The van der Waals surface area contributed by atoms with Gasteiger partial charge in [0.25, 0.3) is 9.05 Å². The van der Waals surface area contributed by atoms with Gasteiger partial charge in [-0.3, -0.25) is 0 Å². The molecule has 0 N–H and O–H groups in total. The second-order valence-corrected chi connectivity index (χ2v) is 7.01. The van der Waals surface area contributed by atoms with Crippen LogP contribution in [0, 0.1) is 0 Å². The summed E-state index contributed by atoms with van der Waals surface area (Å²) in [5, 5.41) is -0.0541. The molecule has 0 amide bonds. The maximum atomic E-state index is 11.3. The number of anilines is 1. The average Bonchev–Trinajstić information content (AvgIpc) is 2.62. The van der Waals surface area contributed by atoms with Gasteiger partial charge in [0.15, 0.2) is 5.03 Å². The third kappa shape index (κ3) is 2.84. The van der Waals surface area contributed by atoms with Gasteiger partial charge in [0.05, 0.1) is 0 Å². The first-order valence-corrected chi connectivity index (χ1v) is 7.95. The summed E-state index contributed by atoms with van der Waals surface area (Å²) >= 11 is 5.82. The Balaban J connectivity index is 2.45. The molecule has 0 radical (unpaired) electrons. The Morgan fingerprint density at radius 2 is 2.18 bits per heavy atom. The fourth-order valence-corrected chi connectivity index (χ4v) is 3.03. The molecule has 94 valence electrons. The molecule has 0 saturated carbocycles. The van der Waals surface area contributed by atoms with E-state index in [1.165, 1.54) is 6.07 Å². The average molecular weight is 295 g/mol. The van der Waals surface area contributed by atoms with Crippen molar-refractivity contribution in [3.8, 4) is 0 Å². The van der Waals surface area contributed by atoms with Crippen molar-refractivity contribution >= 4 is 37.0 Å². The molecule has 2 rings (SSSR count). The molecule has 2 heterocycles. The summed E-state index contributed by atoms with van der Waals surface area (Å²) in [4.78, 5) is 5.83. The monoisotopic (exact) mass is 294 g/mol. The Morgan fingerprint density at radius 3 is 2.71 bits per heavy atom. The van der Waals surface area contributed by atoms with Crippen molar-refractivity contribution in [2.45, 2.75) is 30.8 Å². The number of halogens is 2. The van der Waals surface area contributed by atoms with Gasteiger partial charge in [0.2, 0.25) is 0 Å². The highest BCUT2D eigenvalue weighted by molar-refractivity contribution is 8.13. The van der Waals surface area contributed by atoms with E-state index in [0.717, 1.165) is 25.1 Å². The first-order valence-electron chi connectivity index (χ1n) is 5.27. The molecule has 1 aromatic heterocycles. The van der Waals surface area contributed by atoms with Crippen LogP contribution in [0.15, 0.2) is 17.2 Å². The lowest BCUT2D eigenvalue weighted by Gasteiger charge is -2.24. The van der Waals surface area contributed by atoms with E-state index in [-0.39, 0.29) is 10.2 Å². The zero-order chi connectivity index (χ0) is 12.6. The van der Waals surface area contributed by atoms with Gasteiger partial charge in [-0.2, -0.15) is 0 Å². The summed E-state index contributed by atoms with van der Waals surface area (Å²) in [6, 6.07) is 3.50. The molecule has 0 spiro atoms. The fraction of sp³-hybridized carbons (Fsp3) is 0.500. The van der Waals surface area contributed by atoms with Gasteiger partial charge >= 0.3 is 0 Å². The van der Waals surface area contributed by atoms with Crippen LogP contribution in [0.1, 0.15) is 19.8 Å². The van der Waals surface area contributed by atoms with Crippen LogP contribution in [0.2, 0.25) is 5.15 Å². The van der Waals surface area contributed by atoms with Crippen molar-refractivity contribution in [2.24, 2.45) is 0 Å². The van der Waals surface area contributed by atoms with E-state index >= 15 is 0 Å². The molecule has 0 bridgehead atoms. The Labute approximate surface area is 110 Å². The predicted octanol–water partition coefficient (Wildman–Crippen LogP) is 2.65. The summed E-state index contributed by atoms with van der Waals surface area (Å²) in [6.45, 7) is 2.99. The fourth-order valence-electron chi connectivity index (χ4n) is 2.07. The third-order valence-electron chi connectivity index (χ3n) is 2.89. The number of rotatable bonds is 2. The van der Waals surface area contributed by atoms with E-state index in [4.69, 9.17) is 22.3 Å². The molecule has 1 saturated heterocycles. The minimum atomic E-state index is -3.84. The van der Waals surface area contributed by atoms with Gasteiger partial charge in [-0.15, -0.1) is 0 Å². The third-order valence-corrected chi connectivity index (χ3v) is 4.27. The van der Waals surface area contributed by atoms with Crippen molar-refractivity contribution in [3.63, 3.8) is 0 Å². The maximum absolute atomic E-state index is 11.3. The summed E-state index contributed by atoms with van der Waals surface area (Å²) in [7, 11) is 1.43. The first kappa shape index (κ1) is 12.9. The van der Waals surface area contributed by atoms with Crippen molar-refractivity contribution in [1.82, 2.24) is 4.98 Å². The van der Waals surface area contributed by atoms with Gasteiger partial charge in [-0.25, -0.2) is 13.4 Å².